The summed E-state index contributed by atoms with van der Waals surface area (Å²) in [5.41, 5.74) is 3.22. The Balaban J connectivity index is 1.95. The minimum atomic E-state index is -0.680. The van der Waals surface area contributed by atoms with Crippen LogP contribution in [0, 0.1) is 0 Å². The molecule has 0 fully saturated rings. The van der Waals surface area contributed by atoms with Crippen LogP contribution in [0.4, 0.5) is 0 Å². The van der Waals surface area contributed by atoms with Gasteiger partial charge in [-0.05, 0) is 42.3 Å². The highest BCUT2D eigenvalue weighted by molar-refractivity contribution is 6.30. The van der Waals surface area contributed by atoms with Crippen LogP contribution >= 0.6 is 11.6 Å². The fourth-order valence-corrected chi connectivity index (χ4v) is 2.49. The molecule has 2 rings (SSSR count). The van der Waals surface area contributed by atoms with Gasteiger partial charge in [0.05, 0.1) is 25.3 Å². The number of carbonyl (C=O) groups is 1. The number of halogens is 1. The van der Waals surface area contributed by atoms with Crippen LogP contribution in [-0.4, -0.2) is 30.4 Å². The number of methoxy groups -OCH3 is 1. The minimum absolute atomic E-state index is 0.284. The van der Waals surface area contributed by atoms with Gasteiger partial charge in [0, 0.05) is 17.2 Å². The molecule has 0 aliphatic carbocycles. The molecule has 0 aromatic heterocycles. The number of aliphatic hydroxyl groups excluding tert-OH is 1. The Morgan fingerprint density at radius 1 is 1.25 bits per heavy atom. The molecule has 1 unspecified atom stereocenters. The van der Waals surface area contributed by atoms with E-state index in [2.05, 4.69) is 9.73 Å². The third-order valence-electron chi connectivity index (χ3n) is 3.60. The summed E-state index contributed by atoms with van der Waals surface area (Å²) < 4.78 is 4.67. The number of nitrogens with zero attached hydrogens (tertiary/aromatic N) is 1. The second-order valence-corrected chi connectivity index (χ2v) is 5.95. The standard InChI is InChI=1S/C19H20ClNO3/c1-13(10-14-6-8-15(9-7-14)19(23)24-2)21-12-18(22)16-4-3-5-17(20)11-16/h3-9,11,18,22H,10,12H2,1-2H3. The van der Waals surface area contributed by atoms with Crippen LogP contribution in [0.15, 0.2) is 53.5 Å². The van der Waals surface area contributed by atoms with Gasteiger partial charge in [-0.2, -0.15) is 0 Å². The van der Waals surface area contributed by atoms with Crippen LogP contribution in [0.2, 0.25) is 5.02 Å². The van der Waals surface area contributed by atoms with E-state index in [1.54, 1.807) is 30.3 Å². The van der Waals surface area contributed by atoms with Crippen molar-refractivity contribution in [3.05, 3.63) is 70.2 Å². The van der Waals surface area contributed by atoms with Crippen molar-refractivity contribution in [2.24, 2.45) is 4.99 Å². The summed E-state index contributed by atoms with van der Waals surface area (Å²) in [7, 11) is 1.36. The van der Waals surface area contributed by atoms with Crippen molar-refractivity contribution in [3.63, 3.8) is 0 Å². The zero-order chi connectivity index (χ0) is 17.5. The van der Waals surface area contributed by atoms with Crippen LogP contribution in [0.5, 0.6) is 0 Å². The van der Waals surface area contributed by atoms with Gasteiger partial charge < -0.3 is 9.84 Å². The number of aliphatic hydroxyl groups is 1. The van der Waals surface area contributed by atoms with Crippen LogP contribution in [0.3, 0.4) is 0 Å². The summed E-state index contributed by atoms with van der Waals surface area (Å²) in [6, 6.07) is 14.3. The first kappa shape index (κ1) is 18.2. The maximum Gasteiger partial charge on any atom is 0.337 e. The van der Waals surface area contributed by atoms with Gasteiger partial charge in [0.2, 0.25) is 0 Å². The molecule has 24 heavy (non-hydrogen) atoms. The van der Waals surface area contributed by atoms with E-state index in [1.807, 2.05) is 25.1 Å². The van der Waals surface area contributed by atoms with Crippen molar-refractivity contribution in [2.45, 2.75) is 19.4 Å². The van der Waals surface area contributed by atoms with Crippen molar-refractivity contribution in [2.75, 3.05) is 13.7 Å². The lowest BCUT2D eigenvalue weighted by Crippen LogP contribution is -2.06. The predicted octanol–water partition coefficient (Wildman–Crippen LogP) is 3.86. The third kappa shape index (κ3) is 5.18. The van der Waals surface area contributed by atoms with Crippen LogP contribution in [0.1, 0.15) is 34.5 Å². The van der Waals surface area contributed by atoms with Crippen molar-refractivity contribution in [1.29, 1.82) is 0 Å². The van der Waals surface area contributed by atoms with E-state index in [9.17, 15) is 9.90 Å². The van der Waals surface area contributed by atoms with E-state index < -0.39 is 6.10 Å². The summed E-state index contributed by atoms with van der Waals surface area (Å²) in [6.07, 6.45) is -0.0238. The fourth-order valence-electron chi connectivity index (χ4n) is 2.29. The second kappa shape index (κ2) is 8.62. The van der Waals surface area contributed by atoms with Crippen molar-refractivity contribution < 1.29 is 14.6 Å². The maximum atomic E-state index is 11.4. The Bertz CT molecular complexity index is 726. The van der Waals surface area contributed by atoms with Crippen molar-refractivity contribution in [1.82, 2.24) is 0 Å². The quantitative estimate of drug-likeness (QED) is 0.638. The third-order valence-corrected chi connectivity index (χ3v) is 3.84. The molecule has 0 amide bonds. The molecule has 1 N–H and O–H groups in total. The molecule has 0 heterocycles. The summed E-state index contributed by atoms with van der Waals surface area (Å²) >= 11 is 5.92. The lowest BCUT2D eigenvalue weighted by molar-refractivity contribution is 0.0600. The van der Waals surface area contributed by atoms with Gasteiger partial charge in [0.15, 0.2) is 0 Å². The number of aliphatic imine (C=N–C) groups is 1. The molecule has 4 nitrogen and oxygen atoms in total. The van der Waals surface area contributed by atoms with E-state index in [4.69, 9.17) is 11.6 Å². The van der Waals surface area contributed by atoms with Gasteiger partial charge in [-0.25, -0.2) is 4.79 Å². The number of rotatable bonds is 6. The molecule has 2 aromatic rings. The molecular formula is C19H20ClNO3. The molecule has 2 aromatic carbocycles. The zero-order valence-corrected chi connectivity index (χ0v) is 14.5. The summed E-state index contributed by atoms with van der Waals surface area (Å²) in [4.78, 5) is 15.8. The van der Waals surface area contributed by atoms with E-state index in [-0.39, 0.29) is 12.5 Å². The molecule has 0 saturated carbocycles. The highest BCUT2D eigenvalue weighted by Crippen LogP contribution is 2.18. The van der Waals surface area contributed by atoms with E-state index in [1.165, 1.54) is 7.11 Å². The van der Waals surface area contributed by atoms with Gasteiger partial charge >= 0.3 is 5.97 Å². The molecule has 0 aliphatic heterocycles. The first-order valence-electron chi connectivity index (χ1n) is 7.60. The normalized spacial score (nSPS) is 12.8. The Hall–Kier alpha value is -2.17. The summed E-state index contributed by atoms with van der Waals surface area (Å²) in [5.74, 6) is -0.350. The number of carbonyl (C=O) groups excluding carboxylic acids is 1. The smallest absolute Gasteiger partial charge is 0.337 e. The summed E-state index contributed by atoms with van der Waals surface area (Å²) in [5, 5.41) is 10.8. The van der Waals surface area contributed by atoms with Crippen LogP contribution in [-0.2, 0) is 11.2 Å². The van der Waals surface area contributed by atoms with E-state index in [0.717, 1.165) is 16.8 Å². The minimum Gasteiger partial charge on any atom is -0.465 e. The first-order chi connectivity index (χ1) is 11.5. The average molecular weight is 346 g/mol. The molecular weight excluding hydrogens is 326 g/mol. The van der Waals surface area contributed by atoms with Gasteiger partial charge in [0.25, 0.3) is 0 Å². The molecule has 0 aliphatic rings. The predicted molar refractivity (Wildman–Crippen MR) is 95.9 cm³/mol. The SMILES string of the molecule is COC(=O)c1ccc(CC(C)=NCC(O)c2cccc(Cl)c2)cc1. The second-order valence-electron chi connectivity index (χ2n) is 5.51. The molecule has 5 heteroatoms. The number of benzene rings is 2. The Morgan fingerprint density at radius 2 is 1.96 bits per heavy atom. The number of hydrogen-bond acceptors (Lipinski definition) is 4. The fraction of sp³-hybridized carbons (Fsp3) is 0.263. The topological polar surface area (TPSA) is 58.9 Å². The summed E-state index contributed by atoms with van der Waals surface area (Å²) in [6.45, 7) is 2.20. The van der Waals surface area contributed by atoms with E-state index in [0.29, 0.717) is 17.0 Å². The van der Waals surface area contributed by atoms with Crippen LogP contribution in [0.25, 0.3) is 0 Å². The lowest BCUT2D eigenvalue weighted by atomic mass is 10.1. The highest BCUT2D eigenvalue weighted by Gasteiger charge is 2.08. The number of hydrogen-bond donors (Lipinski definition) is 1. The molecule has 126 valence electrons. The molecule has 0 bridgehead atoms. The van der Waals surface area contributed by atoms with E-state index >= 15 is 0 Å². The average Bonchev–Trinajstić information content (AvgIpc) is 2.59. The van der Waals surface area contributed by atoms with Gasteiger partial charge in [-0.3, -0.25) is 4.99 Å². The Morgan fingerprint density at radius 3 is 2.58 bits per heavy atom. The van der Waals surface area contributed by atoms with Crippen molar-refractivity contribution in [3.8, 4) is 0 Å². The van der Waals surface area contributed by atoms with Crippen LogP contribution < -0.4 is 0 Å². The lowest BCUT2D eigenvalue weighted by Gasteiger charge is -2.09. The highest BCUT2D eigenvalue weighted by atomic mass is 35.5. The largest absolute Gasteiger partial charge is 0.465 e. The van der Waals surface area contributed by atoms with Gasteiger partial charge in [-0.1, -0.05) is 35.9 Å². The van der Waals surface area contributed by atoms with Crippen molar-refractivity contribution >= 4 is 23.3 Å². The Labute approximate surface area is 146 Å². The van der Waals surface area contributed by atoms with Gasteiger partial charge in [-0.15, -0.1) is 0 Å². The zero-order valence-electron chi connectivity index (χ0n) is 13.7. The van der Waals surface area contributed by atoms with Gasteiger partial charge in [0.1, 0.15) is 0 Å². The number of ether oxygens (including phenoxy) is 1. The first-order valence-corrected chi connectivity index (χ1v) is 7.98. The molecule has 1 atom stereocenters. The monoisotopic (exact) mass is 345 g/mol. The number of esters is 1. The Kier molecular flexibility index (Phi) is 6.53. The molecule has 0 saturated heterocycles. The molecule has 0 radical (unpaired) electrons. The maximum absolute atomic E-state index is 11.4. The molecule has 0 spiro atoms.